The SMILES string of the molecule is COc1ccccc1C(CCc1cc(C(F)(F)F)cc(C(F)(F)F)c1)N1CCN(CCC2CCCCC2)CC1. The molecule has 1 heterocycles. The van der Waals surface area contributed by atoms with Crippen molar-refractivity contribution in [3.05, 3.63) is 64.7 Å². The average molecular weight is 557 g/mol. The number of nitrogens with zero attached hydrogens (tertiary/aromatic N) is 2. The van der Waals surface area contributed by atoms with Gasteiger partial charge in [-0.05, 0) is 61.6 Å². The Hall–Kier alpha value is -2.26. The maximum absolute atomic E-state index is 13.4. The minimum absolute atomic E-state index is 0.0307. The summed E-state index contributed by atoms with van der Waals surface area (Å²) in [6.45, 7) is 4.41. The van der Waals surface area contributed by atoms with Crippen LogP contribution in [0.15, 0.2) is 42.5 Å². The van der Waals surface area contributed by atoms with E-state index in [1.165, 1.54) is 38.5 Å². The summed E-state index contributed by atoms with van der Waals surface area (Å²) in [7, 11) is 1.57. The van der Waals surface area contributed by atoms with Gasteiger partial charge in [-0.15, -0.1) is 0 Å². The van der Waals surface area contributed by atoms with Crippen LogP contribution < -0.4 is 4.74 Å². The van der Waals surface area contributed by atoms with Gasteiger partial charge in [0.05, 0.1) is 18.2 Å². The summed E-state index contributed by atoms with van der Waals surface area (Å²) in [5.41, 5.74) is -1.61. The van der Waals surface area contributed by atoms with Gasteiger partial charge in [-0.25, -0.2) is 0 Å². The van der Waals surface area contributed by atoms with Crippen LogP contribution in [0.1, 0.15) is 73.2 Å². The molecule has 0 aromatic heterocycles. The number of halogens is 6. The van der Waals surface area contributed by atoms with Crippen LogP contribution in [0.2, 0.25) is 0 Å². The standard InChI is InChI=1S/C30H38F6N2O/c1-39-28-10-6-5-9-26(28)27(38-17-15-37(16-18-38)14-13-22-7-3-2-4-8-22)12-11-23-19-24(29(31,32)33)21-25(20-23)30(34,35)36/h5-6,9-10,19-22,27H,2-4,7-8,11-18H2,1H3. The molecule has 1 unspecified atom stereocenters. The molecule has 2 fully saturated rings. The Morgan fingerprint density at radius 2 is 1.46 bits per heavy atom. The highest BCUT2D eigenvalue weighted by Crippen LogP contribution is 2.38. The molecule has 216 valence electrons. The lowest BCUT2D eigenvalue weighted by molar-refractivity contribution is -0.143. The first-order valence-electron chi connectivity index (χ1n) is 13.9. The van der Waals surface area contributed by atoms with E-state index in [2.05, 4.69) is 9.80 Å². The molecule has 3 nitrogen and oxygen atoms in total. The molecule has 2 aliphatic rings. The molecule has 1 aliphatic heterocycles. The van der Waals surface area contributed by atoms with E-state index < -0.39 is 23.5 Å². The van der Waals surface area contributed by atoms with Crippen molar-refractivity contribution in [2.24, 2.45) is 5.92 Å². The summed E-state index contributed by atoms with van der Waals surface area (Å²) in [6.07, 6.45) is -1.39. The second kappa shape index (κ2) is 12.9. The summed E-state index contributed by atoms with van der Waals surface area (Å²) in [6, 6.07) is 9.21. The van der Waals surface area contributed by atoms with Crippen molar-refractivity contribution in [3.8, 4) is 5.75 Å². The van der Waals surface area contributed by atoms with Gasteiger partial charge in [-0.3, -0.25) is 4.90 Å². The van der Waals surface area contributed by atoms with Gasteiger partial charge < -0.3 is 9.64 Å². The number of hydrogen-bond donors (Lipinski definition) is 0. The molecule has 2 aromatic carbocycles. The Morgan fingerprint density at radius 3 is 2.05 bits per heavy atom. The van der Waals surface area contributed by atoms with Crippen LogP contribution in [0.4, 0.5) is 26.3 Å². The van der Waals surface area contributed by atoms with Crippen molar-refractivity contribution in [1.82, 2.24) is 9.80 Å². The molecule has 9 heteroatoms. The molecule has 2 aromatic rings. The molecule has 1 saturated carbocycles. The third-order valence-electron chi connectivity index (χ3n) is 8.28. The zero-order valence-corrected chi connectivity index (χ0v) is 22.5. The number of hydrogen-bond acceptors (Lipinski definition) is 3. The summed E-state index contributed by atoms with van der Waals surface area (Å²) in [4.78, 5) is 4.78. The highest BCUT2D eigenvalue weighted by atomic mass is 19.4. The van der Waals surface area contributed by atoms with Gasteiger partial charge in [0.2, 0.25) is 0 Å². The molecule has 0 bridgehead atoms. The van der Waals surface area contributed by atoms with E-state index in [0.717, 1.165) is 56.3 Å². The van der Waals surface area contributed by atoms with Crippen LogP contribution in [0.3, 0.4) is 0 Å². The van der Waals surface area contributed by atoms with Crippen LogP contribution in [0.25, 0.3) is 0 Å². The number of piperazine rings is 1. The molecule has 0 amide bonds. The highest BCUT2D eigenvalue weighted by Gasteiger charge is 2.37. The number of rotatable bonds is 9. The molecule has 4 rings (SSSR count). The number of alkyl halides is 6. The Morgan fingerprint density at radius 1 is 0.846 bits per heavy atom. The summed E-state index contributed by atoms with van der Waals surface area (Å²) < 4.78 is 86.1. The molecule has 39 heavy (non-hydrogen) atoms. The summed E-state index contributed by atoms with van der Waals surface area (Å²) in [5.74, 6) is 1.48. The zero-order valence-electron chi connectivity index (χ0n) is 22.5. The van der Waals surface area contributed by atoms with Crippen LogP contribution in [0.5, 0.6) is 5.75 Å². The predicted molar refractivity (Wildman–Crippen MR) is 140 cm³/mol. The molecule has 0 radical (unpaired) electrons. The second-order valence-corrected chi connectivity index (χ2v) is 10.9. The predicted octanol–water partition coefficient (Wildman–Crippen LogP) is 7.99. The lowest BCUT2D eigenvalue weighted by atomic mass is 9.87. The Kier molecular flexibility index (Phi) is 9.86. The third kappa shape index (κ3) is 8.13. The van der Waals surface area contributed by atoms with E-state index in [9.17, 15) is 26.3 Å². The Labute approximate surface area is 227 Å². The quantitative estimate of drug-likeness (QED) is 0.291. The fraction of sp³-hybridized carbons (Fsp3) is 0.600. The summed E-state index contributed by atoms with van der Waals surface area (Å²) >= 11 is 0. The smallest absolute Gasteiger partial charge is 0.416 e. The lowest BCUT2D eigenvalue weighted by Crippen LogP contribution is -2.48. The summed E-state index contributed by atoms with van der Waals surface area (Å²) in [5, 5.41) is 0. The maximum Gasteiger partial charge on any atom is 0.416 e. The van der Waals surface area contributed by atoms with Gasteiger partial charge in [-0.2, -0.15) is 26.3 Å². The van der Waals surface area contributed by atoms with Crippen LogP contribution >= 0.6 is 0 Å². The molecular weight excluding hydrogens is 518 g/mol. The van der Waals surface area contributed by atoms with Gasteiger partial charge in [0.1, 0.15) is 5.75 Å². The molecule has 0 spiro atoms. The minimum Gasteiger partial charge on any atom is -0.496 e. The highest BCUT2D eigenvalue weighted by molar-refractivity contribution is 5.37. The molecular formula is C30H38F6N2O. The normalized spacial score (nSPS) is 19.3. The first kappa shape index (κ1) is 29.7. The first-order valence-corrected chi connectivity index (χ1v) is 13.9. The topological polar surface area (TPSA) is 15.7 Å². The molecule has 1 aliphatic carbocycles. The first-order chi connectivity index (χ1) is 18.5. The fourth-order valence-electron chi connectivity index (χ4n) is 6.08. The van der Waals surface area contributed by atoms with Gasteiger partial charge in [0.15, 0.2) is 0 Å². The van der Waals surface area contributed by atoms with Crippen LogP contribution in [0, 0.1) is 5.92 Å². The van der Waals surface area contributed by atoms with E-state index in [1.54, 1.807) is 7.11 Å². The monoisotopic (exact) mass is 556 g/mol. The Balaban J connectivity index is 1.49. The number of para-hydroxylation sites is 1. The van der Waals surface area contributed by atoms with E-state index in [4.69, 9.17) is 4.74 Å². The van der Waals surface area contributed by atoms with E-state index in [0.29, 0.717) is 12.2 Å². The lowest BCUT2D eigenvalue weighted by Gasteiger charge is -2.40. The third-order valence-corrected chi connectivity index (χ3v) is 8.28. The van der Waals surface area contributed by atoms with Crippen molar-refractivity contribution >= 4 is 0 Å². The molecule has 1 atom stereocenters. The number of aryl methyl sites for hydroxylation is 1. The van der Waals surface area contributed by atoms with Gasteiger partial charge in [-0.1, -0.05) is 50.3 Å². The fourth-order valence-corrected chi connectivity index (χ4v) is 6.08. The van der Waals surface area contributed by atoms with E-state index in [-0.39, 0.29) is 24.1 Å². The van der Waals surface area contributed by atoms with Crippen LogP contribution in [-0.2, 0) is 18.8 Å². The maximum atomic E-state index is 13.4. The van der Waals surface area contributed by atoms with Gasteiger partial charge in [0, 0.05) is 37.8 Å². The molecule has 0 N–H and O–H groups in total. The number of methoxy groups -OCH3 is 1. The van der Waals surface area contributed by atoms with E-state index >= 15 is 0 Å². The largest absolute Gasteiger partial charge is 0.496 e. The minimum atomic E-state index is -4.86. The number of ether oxygens (including phenoxy) is 1. The van der Waals surface area contributed by atoms with E-state index in [1.807, 2.05) is 24.3 Å². The van der Waals surface area contributed by atoms with Crippen molar-refractivity contribution < 1.29 is 31.1 Å². The zero-order chi connectivity index (χ0) is 28.0. The van der Waals surface area contributed by atoms with Crippen LogP contribution in [-0.4, -0.2) is 49.6 Å². The number of benzene rings is 2. The van der Waals surface area contributed by atoms with Gasteiger partial charge >= 0.3 is 12.4 Å². The van der Waals surface area contributed by atoms with Crippen molar-refractivity contribution in [2.75, 3.05) is 39.8 Å². The average Bonchev–Trinajstić information content (AvgIpc) is 2.92. The molecule has 1 saturated heterocycles. The van der Waals surface area contributed by atoms with Crippen molar-refractivity contribution in [2.45, 2.75) is 69.8 Å². The van der Waals surface area contributed by atoms with Crippen molar-refractivity contribution in [1.29, 1.82) is 0 Å². The second-order valence-electron chi connectivity index (χ2n) is 10.9. The van der Waals surface area contributed by atoms with Crippen molar-refractivity contribution in [3.63, 3.8) is 0 Å². The van der Waals surface area contributed by atoms with Gasteiger partial charge in [0.25, 0.3) is 0 Å². The Bertz CT molecular complexity index is 1020.